The third-order valence-corrected chi connectivity index (χ3v) is 5.35. The van der Waals surface area contributed by atoms with E-state index in [0.29, 0.717) is 28.1 Å². The van der Waals surface area contributed by atoms with Crippen molar-refractivity contribution in [1.82, 2.24) is 5.32 Å². The predicted molar refractivity (Wildman–Crippen MR) is 107 cm³/mol. The van der Waals surface area contributed by atoms with E-state index in [2.05, 4.69) is 5.32 Å². The second-order valence-electron chi connectivity index (χ2n) is 7.06. The van der Waals surface area contributed by atoms with Gasteiger partial charge in [-0.05, 0) is 36.6 Å². The highest BCUT2D eigenvalue weighted by atomic mass is 35.5. The molecule has 0 saturated heterocycles. The third kappa shape index (κ3) is 5.60. The summed E-state index contributed by atoms with van der Waals surface area (Å²) in [5.41, 5.74) is 1.54. The molecular weight excluding hydrogens is 365 g/mol. The summed E-state index contributed by atoms with van der Waals surface area (Å²) in [5.74, 6) is 0.717. The molecule has 0 aromatic heterocycles. The Morgan fingerprint density at radius 2 is 1.85 bits per heavy atom. The summed E-state index contributed by atoms with van der Waals surface area (Å²) in [6.45, 7) is 0.844. The molecule has 0 aliphatic heterocycles. The number of benzene rings is 2. The molecular formula is C22H27ClFNO2. The molecule has 1 saturated carbocycles. The van der Waals surface area contributed by atoms with Crippen molar-refractivity contribution in [1.29, 1.82) is 0 Å². The first-order valence-electron chi connectivity index (χ1n) is 9.63. The Morgan fingerprint density at radius 1 is 1.11 bits per heavy atom. The minimum Gasteiger partial charge on any atom is -0.493 e. The van der Waals surface area contributed by atoms with E-state index in [-0.39, 0.29) is 12.4 Å². The lowest BCUT2D eigenvalue weighted by atomic mass is 10.1. The molecule has 2 aromatic carbocycles. The molecule has 146 valence electrons. The second-order valence-corrected chi connectivity index (χ2v) is 7.47. The predicted octanol–water partition coefficient (Wildman–Crippen LogP) is 5.88. The lowest BCUT2D eigenvalue weighted by Gasteiger charge is -2.18. The van der Waals surface area contributed by atoms with E-state index in [0.717, 1.165) is 12.1 Å². The first-order chi connectivity index (χ1) is 13.2. The maximum absolute atomic E-state index is 13.8. The smallest absolute Gasteiger partial charge is 0.180 e. The molecule has 0 unspecified atom stereocenters. The minimum atomic E-state index is -0.295. The van der Waals surface area contributed by atoms with Crippen LogP contribution >= 0.6 is 11.6 Å². The SMILES string of the molecule is COc1cc(CNC2CCCCCC2)cc(Cl)c1OCc1ccccc1F. The number of rotatable bonds is 7. The highest BCUT2D eigenvalue weighted by Gasteiger charge is 2.15. The van der Waals surface area contributed by atoms with Crippen LogP contribution in [0.5, 0.6) is 11.5 Å². The van der Waals surface area contributed by atoms with Crippen molar-refractivity contribution in [2.45, 2.75) is 57.7 Å². The Hall–Kier alpha value is -1.78. The van der Waals surface area contributed by atoms with E-state index in [1.54, 1.807) is 25.3 Å². The van der Waals surface area contributed by atoms with Gasteiger partial charge < -0.3 is 14.8 Å². The van der Waals surface area contributed by atoms with E-state index >= 15 is 0 Å². The van der Waals surface area contributed by atoms with Crippen LogP contribution in [-0.4, -0.2) is 13.2 Å². The van der Waals surface area contributed by atoms with Crippen LogP contribution in [0.3, 0.4) is 0 Å². The van der Waals surface area contributed by atoms with Crippen molar-refractivity contribution in [2.75, 3.05) is 7.11 Å². The molecule has 1 fully saturated rings. The number of hydrogen-bond donors (Lipinski definition) is 1. The van der Waals surface area contributed by atoms with E-state index in [1.165, 1.54) is 44.6 Å². The molecule has 1 aliphatic carbocycles. The minimum absolute atomic E-state index is 0.0996. The molecule has 27 heavy (non-hydrogen) atoms. The zero-order chi connectivity index (χ0) is 19.1. The monoisotopic (exact) mass is 391 g/mol. The average molecular weight is 392 g/mol. The molecule has 3 rings (SSSR count). The Kier molecular flexibility index (Phi) is 7.36. The van der Waals surface area contributed by atoms with E-state index in [4.69, 9.17) is 21.1 Å². The lowest BCUT2D eigenvalue weighted by molar-refractivity contribution is 0.279. The second kappa shape index (κ2) is 9.95. The summed E-state index contributed by atoms with van der Waals surface area (Å²) in [6, 6.07) is 10.9. The lowest BCUT2D eigenvalue weighted by Crippen LogP contribution is -2.27. The molecule has 0 radical (unpaired) electrons. The van der Waals surface area contributed by atoms with E-state index in [9.17, 15) is 4.39 Å². The van der Waals surface area contributed by atoms with Crippen LogP contribution in [-0.2, 0) is 13.2 Å². The largest absolute Gasteiger partial charge is 0.493 e. The van der Waals surface area contributed by atoms with Gasteiger partial charge in [-0.15, -0.1) is 0 Å². The van der Waals surface area contributed by atoms with Crippen LogP contribution in [0.4, 0.5) is 4.39 Å². The summed E-state index contributed by atoms with van der Waals surface area (Å²) in [7, 11) is 1.59. The standard InChI is InChI=1S/C22H27ClFNO2/c1-26-21-13-16(14-25-18-9-4-2-3-5-10-18)12-19(23)22(21)27-15-17-8-6-7-11-20(17)24/h6-8,11-13,18,25H,2-5,9-10,14-15H2,1H3. The fourth-order valence-electron chi connectivity index (χ4n) is 3.53. The summed E-state index contributed by atoms with van der Waals surface area (Å²) in [4.78, 5) is 0. The van der Waals surface area contributed by atoms with Gasteiger partial charge >= 0.3 is 0 Å². The molecule has 0 atom stereocenters. The van der Waals surface area contributed by atoms with Crippen molar-refractivity contribution in [3.8, 4) is 11.5 Å². The Morgan fingerprint density at radius 3 is 2.56 bits per heavy atom. The molecule has 1 N–H and O–H groups in total. The maximum atomic E-state index is 13.8. The zero-order valence-corrected chi connectivity index (χ0v) is 16.5. The highest BCUT2D eigenvalue weighted by molar-refractivity contribution is 6.32. The van der Waals surface area contributed by atoms with Crippen LogP contribution < -0.4 is 14.8 Å². The van der Waals surface area contributed by atoms with Crippen molar-refractivity contribution in [3.05, 3.63) is 58.4 Å². The first kappa shape index (κ1) is 20.0. The van der Waals surface area contributed by atoms with Gasteiger partial charge in [0.2, 0.25) is 0 Å². The molecule has 5 heteroatoms. The summed E-state index contributed by atoms with van der Waals surface area (Å²) < 4.78 is 25.0. The van der Waals surface area contributed by atoms with Gasteiger partial charge in [-0.1, -0.05) is 55.5 Å². The fourth-order valence-corrected chi connectivity index (χ4v) is 3.81. The Bertz CT molecular complexity index is 745. The van der Waals surface area contributed by atoms with E-state index in [1.807, 2.05) is 12.1 Å². The van der Waals surface area contributed by atoms with Gasteiger partial charge in [0, 0.05) is 18.2 Å². The van der Waals surface area contributed by atoms with Gasteiger partial charge in [-0.2, -0.15) is 0 Å². The molecule has 3 nitrogen and oxygen atoms in total. The Balaban J connectivity index is 1.66. The third-order valence-electron chi connectivity index (χ3n) is 5.07. The van der Waals surface area contributed by atoms with Gasteiger partial charge in [0.25, 0.3) is 0 Å². The zero-order valence-electron chi connectivity index (χ0n) is 15.8. The summed E-state index contributed by atoms with van der Waals surface area (Å²) >= 11 is 6.44. The van der Waals surface area contributed by atoms with Crippen LogP contribution in [0.25, 0.3) is 0 Å². The van der Waals surface area contributed by atoms with Crippen LogP contribution in [0.1, 0.15) is 49.7 Å². The quantitative estimate of drug-likeness (QED) is 0.598. The molecule has 0 spiro atoms. The molecule has 1 aliphatic rings. The van der Waals surface area contributed by atoms with Crippen molar-refractivity contribution in [3.63, 3.8) is 0 Å². The van der Waals surface area contributed by atoms with E-state index < -0.39 is 0 Å². The first-order valence-corrected chi connectivity index (χ1v) is 10.0. The van der Waals surface area contributed by atoms with Crippen LogP contribution in [0.15, 0.2) is 36.4 Å². The normalized spacial score (nSPS) is 15.4. The Labute approximate surface area is 165 Å². The number of hydrogen-bond acceptors (Lipinski definition) is 3. The van der Waals surface area contributed by atoms with Gasteiger partial charge in [0.1, 0.15) is 12.4 Å². The van der Waals surface area contributed by atoms with Gasteiger partial charge in [0.15, 0.2) is 11.5 Å². The van der Waals surface area contributed by atoms with Gasteiger partial charge in [-0.3, -0.25) is 0 Å². The molecule has 2 aromatic rings. The number of halogens is 2. The number of ether oxygens (including phenoxy) is 2. The molecule has 0 amide bonds. The topological polar surface area (TPSA) is 30.5 Å². The van der Waals surface area contributed by atoms with Crippen molar-refractivity contribution >= 4 is 11.6 Å². The summed E-state index contributed by atoms with van der Waals surface area (Å²) in [6.07, 6.45) is 7.73. The summed E-state index contributed by atoms with van der Waals surface area (Å²) in [5, 5.41) is 4.11. The van der Waals surface area contributed by atoms with Crippen LogP contribution in [0, 0.1) is 5.82 Å². The number of nitrogens with one attached hydrogen (secondary N) is 1. The number of methoxy groups -OCH3 is 1. The van der Waals surface area contributed by atoms with Gasteiger partial charge in [0.05, 0.1) is 12.1 Å². The molecule has 0 bridgehead atoms. The maximum Gasteiger partial charge on any atom is 0.180 e. The van der Waals surface area contributed by atoms with Crippen molar-refractivity contribution < 1.29 is 13.9 Å². The fraction of sp³-hybridized carbons (Fsp3) is 0.455. The van der Waals surface area contributed by atoms with Crippen LogP contribution in [0.2, 0.25) is 5.02 Å². The van der Waals surface area contributed by atoms with Gasteiger partial charge in [-0.25, -0.2) is 4.39 Å². The highest BCUT2D eigenvalue weighted by Crippen LogP contribution is 2.37. The average Bonchev–Trinajstić information content (AvgIpc) is 2.95. The molecule has 0 heterocycles. The van der Waals surface area contributed by atoms with Crippen molar-refractivity contribution in [2.24, 2.45) is 0 Å².